The lowest BCUT2D eigenvalue weighted by atomic mass is 10.0. The molecule has 1 N–H and O–H groups in total. The highest BCUT2D eigenvalue weighted by molar-refractivity contribution is 5.68. The standard InChI is InChI=1S/C24H36FN3O4/c1-4-30-17-19(29)15-27(10-9-18(2)3)16-21-23(20-7-5-6-8-22(20)25)26-32-24(21)28-11-13-31-14-12-28/h5-8,18-19,29H,4,9-17H2,1-3H3. The second kappa shape index (κ2) is 12.3. The highest BCUT2D eigenvalue weighted by Crippen LogP contribution is 2.34. The summed E-state index contributed by atoms with van der Waals surface area (Å²) in [5.74, 6) is 0.842. The molecular formula is C24H36FN3O4. The molecule has 1 aromatic carbocycles. The molecule has 0 saturated carbocycles. The first-order valence-corrected chi connectivity index (χ1v) is 11.5. The van der Waals surface area contributed by atoms with Gasteiger partial charge in [0.1, 0.15) is 11.5 Å². The Hall–Kier alpha value is -2.00. The molecule has 0 radical (unpaired) electrons. The van der Waals surface area contributed by atoms with Crippen LogP contribution in [0.3, 0.4) is 0 Å². The van der Waals surface area contributed by atoms with Gasteiger partial charge < -0.3 is 24.0 Å². The molecule has 1 aliphatic heterocycles. The van der Waals surface area contributed by atoms with E-state index in [-0.39, 0.29) is 12.4 Å². The molecule has 1 atom stereocenters. The van der Waals surface area contributed by atoms with E-state index in [9.17, 15) is 9.50 Å². The van der Waals surface area contributed by atoms with Gasteiger partial charge in [-0.2, -0.15) is 0 Å². The van der Waals surface area contributed by atoms with Crippen LogP contribution < -0.4 is 4.90 Å². The fourth-order valence-electron chi connectivity index (χ4n) is 3.83. The Bertz CT molecular complexity index is 823. The summed E-state index contributed by atoms with van der Waals surface area (Å²) in [5.41, 5.74) is 1.77. The van der Waals surface area contributed by atoms with Crippen LogP contribution in [0.15, 0.2) is 28.8 Å². The molecule has 0 aliphatic carbocycles. The number of hydrogen-bond acceptors (Lipinski definition) is 7. The van der Waals surface area contributed by atoms with E-state index in [2.05, 4.69) is 28.8 Å². The van der Waals surface area contributed by atoms with Gasteiger partial charge in [0, 0.05) is 38.3 Å². The molecule has 0 bridgehead atoms. The third kappa shape index (κ3) is 6.75. The van der Waals surface area contributed by atoms with E-state index in [1.807, 2.05) is 6.92 Å². The monoisotopic (exact) mass is 449 g/mol. The van der Waals surface area contributed by atoms with E-state index in [0.29, 0.717) is 69.1 Å². The lowest BCUT2D eigenvalue weighted by molar-refractivity contribution is 0.0188. The van der Waals surface area contributed by atoms with Gasteiger partial charge in [-0.25, -0.2) is 4.39 Å². The van der Waals surface area contributed by atoms with Crippen LogP contribution in [-0.2, 0) is 16.0 Å². The molecule has 2 heterocycles. The molecule has 1 aromatic heterocycles. The smallest absolute Gasteiger partial charge is 0.232 e. The average Bonchev–Trinajstić information content (AvgIpc) is 3.20. The Morgan fingerprint density at radius 2 is 2.00 bits per heavy atom. The lowest BCUT2D eigenvalue weighted by Gasteiger charge is -2.29. The molecule has 32 heavy (non-hydrogen) atoms. The number of rotatable bonds is 12. The number of morpholine rings is 1. The van der Waals surface area contributed by atoms with Crippen molar-refractivity contribution in [3.63, 3.8) is 0 Å². The topological polar surface area (TPSA) is 71.2 Å². The van der Waals surface area contributed by atoms with Gasteiger partial charge in [0.05, 0.1) is 31.5 Å². The third-order valence-corrected chi connectivity index (χ3v) is 5.58. The Morgan fingerprint density at radius 1 is 1.25 bits per heavy atom. The first kappa shape index (κ1) is 24.6. The first-order chi connectivity index (χ1) is 15.5. The maximum atomic E-state index is 14.7. The number of aliphatic hydroxyl groups excluding tert-OH is 1. The average molecular weight is 450 g/mol. The van der Waals surface area contributed by atoms with Crippen molar-refractivity contribution >= 4 is 5.88 Å². The molecule has 7 nitrogen and oxygen atoms in total. The van der Waals surface area contributed by atoms with Crippen LogP contribution >= 0.6 is 0 Å². The minimum atomic E-state index is -0.606. The van der Waals surface area contributed by atoms with Gasteiger partial charge >= 0.3 is 0 Å². The van der Waals surface area contributed by atoms with Crippen LogP contribution in [0.4, 0.5) is 10.3 Å². The van der Waals surface area contributed by atoms with Gasteiger partial charge in [-0.05, 0) is 37.9 Å². The predicted octanol–water partition coefficient (Wildman–Crippen LogP) is 3.56. The Morgan fingerprint density at radius 3 is 2.69 bits per heavy atom. The number of aliphatic hydroxyl groups is 1. The van der Waals surface area contributed by atoms with Crippen molar-refractivity contribution in [2.24, 2.45) is 5.92 Å². The van der Waals surface area contributed by atoms with Crippen molar-refractivity contribution in [1.29, 1.82) is 0 Å². The zero-order chi connectivity index (χ0) is 22.9. The third-order valence-electron chi connectivity index (χ3n) is 5.58. The molecule has 0 spiro atoms. The van der Waals surface area contributed by atoms with Gasteiger partial charge in [0.25, 0.3) is 0 Å². The largest absolute Gasteiger partial charge is 0.389 e. The number of aromatic nitrogens is 1. The quantitative estimate of drug-likeness (QED) is 0.531. The molecule has 1 fully saturated rings. The minimum Gasteiger partial charge on any atom is -0.389 e. The second-order valence-electron chi connectivity index (χ2n) is 8.63. The molecule has 1 aliphatic rings. The van der Waals surface area contributed by atoms with Crippen molar-refractivity contribution in [2.45, 2.75) is 39.8 Å². The van der Waals surface area contributed by atoms with Crippen LogP contribution in [0, 0.1) is 11.7 Å². The van der Waals surface area contributed by atoms with E-state index in [1.165, 1.54) is 6.07 Å². The normalized spacial score (nSPS) is 15.7. The van der Waals surface area contributed by atoms with E-state index in [0.717, 1.165) is 18.5 Å². The summed E-state index contributed by atoms with van der Waals surface area (Å²) in [4.78, 5) is 4.29. The second-order valence-corrected chi connectivity index (χ2v) is 8.63. The zero-order valence-corrected chi connectivity index (χ0v) is 19.4. The van der Waals surface area contributed by atoms with Gasteiger partial charge in [0.2, 0.25) is 5.88 Å². The fraction of sp³-hybridized carbons (Fsp3) is 0.625. The number of nitrogens with zero attached hydrogens (tertiary/aromatic N) is 3. The fourth-order valence-corrected chi connectivity index (χ4v) is 3.83. The van der Waals surface area contributed by atoms with Crippen molar-refractivity contribution < 1.29 is 23.5 Å². The summed E-state index contributed by atoms with van der Waals surface area (Å²) >= 11 is 0. The molecule has 2 aromatic rings. The number of ether oxygens (including phenoxy) is 2. The first-order valence-electron chi connectivity index (χ1n) is 11.5. The van der Waals surface area contributed by atoms with Crippen LogP contribution in [-0.4, -0.2) is 73.9 Å². The van der Waals surface area contributed by atoms with Crippen molar-refractivity contribution in [1.82, 2.24) is 10.1 Å². The van der Waals surface area contributed by atoms with Gasteiger partial charge in [-0.1, -0.05) is 31.1 Å². The molecule has 178 valence electrons. The van der Waals surface area contributed by atoms with Crippen molar-refractivity contribution in [3.8, 4) is 11.3 Å². The predicted molar refractivity (Wildman–Crippen MR) is 122 cm³/mol. The number of anilines is 1. The molecule has 8 heteroatoms. The Balaban J connectivity index is 1.91. The highest BCUT2D eigenvalue weighted by atomic mass is 19.1. The molecule has 1 unspecified atom stereocenters. The molecule has 0 amide bonds. The summed E-state index contributed by atoms with van der Waals surface area (Å²) in [6.45, 7) is 11.5. The van der Waals surface area contributed by atoms with Crippen LogP contribution in [0.25, 0.3) is 11.3 Å². The maximum absolute atomic E-state index is 14.7. The zero-order valence-electron chi connectivity index (χ0n) is 19.4. The van der Waals surface area contributed by atoms with Gasteiger partial charge in [-0.3, -0.25) is 4.90 Å². The number of halogens is 1. The summed E-state index contributed by atoms with van der Waals surface area (Å²) in [7, 11) is 0. The number of benzene rings is 1. The summed E-state index contributed by atoms with van der Waals surface area (Å²) in [6.07, 6.45) is 0.375. The summed E-state index contributed by atoms with van der Waals surface area (Å²) in [5, 5.41) is 14.8. The van der Waals surface area contributed by atoms with Gasteiger partial charge in [0.15, 0.2) is 0 Å². The van der Waals surface area contributed by atoms with E-state index >= 15 is 0 Å². The molecular weight excluding hydrogens is 413 g/mol. The number of hydrogen-bond donors (Lipinski definition) is 1. The SMILES string of the molecule is CCOCC(O)CN(CCC(C)C)Cc1c(-c2ccccc2F)noc1N1CCOCC1. The summed E-state index contributed by atoms with van der Waals surface area (Å²) < 4.78 is 31.3. The van der Waals surface area contributed by atoms with Crippen molar-refractivity contribution in [2.75, 3.05) is 57.5 Å². The van der Waals surface area contributed by atoms with E-state index < -0.39 is 6.10 Å². The minimum absolute atomic E-state index is 0.287. The van der Waals surface area contributed by atoms with E-state index in [4.69, 9.17) is 14.0 Å². The maximum Gasteiger partial charge on any atom is 0.232 e. The van der Waals surface area contributed by atoms with Crippen molar-refractivity contribution in [3.05, 3.63) is 35.6 Å². The van der Waals surface area contributed by atoms with Gasteiger partial charge in [-0.15, -0.1) is 0 Å². The van der Waals surface area contributed by atoms with E-state index in [1.54, 1.807) is 18.2 Å². The highest BCUT2D eigenvalue weighted by Gasteiger charge is 2.27. The Labute approximate surface area is 190 Å². The molecule has 1 saturated heterocycles. The molecule has 3 rings (SSSR count). The lowest BCUT2D eigenvalue weighted by Crippen LogP contribution is -2.38. The van der Waals surface area contributed by atoms with Crippen LogP contribution in [0.5, 0.6) is 0 Å². The Kier molecular flexibility index (Phi) is 9.47. The van der Waals surface area contributed by atoms with Crippen LogP contribution in [0.2, 0.25) is 0 Å². The summed E-state index contributed by atoms with van der Waals surface area (Å²) in [6, 6.07) is 6.63. The van der Waals surface area contributed by atoms with Crippen LogP contribution in [0.1, 0.15) is 32.8 Å².